The van der Waals surface area contributed by atoms with Crippen LogP contribution in [0.3, 0.4) is 0 Å². The molecule has 0 spiro atoms. The van der Waals surface area contributed by atoms with Gasteiger partial charge in [-0.15, -0.1) is 0 Å². The summed E-state index contributed by atoms with van der Waals surface area (Å²) in [6, 6.07) is 0. The van der Waals surface area contributed by atoms with E-state index in [0.717, 1.165) is 25.9 Å². The van der Waals surface area contributed by atoms with E-state index in [4.69, 9.17) is 4.74 Å². The van der Waals surface area contributed by atoms with Crippen LogP contribution in [0.4, 0.5) is 0 Å². The minimum absolute atomic E-state index is 0.0715. The van der Waals surface area contributed by atoms with Crippen LogP contribution in [-0.2, 0) is 9.53 Å². The Bertz CT molecular complexity index is 172. The van der Waals surface area contributed by atoms with Gasteiger partial charge in [0.1, 0.15) is 6.61 Å². The van der Waals surface area contributed by atoms with Crippen molar-refractivity contribution < 1.29 is 9.53 Å². The first-order valence-electron chi connectivity index (χ1n) is 5.54. The van der Waals surface area contributed by atoms with Crippen molar-refractivity contribution in [1.82, 2.24) is 9.80 Å². The first-order valence-corrected chi connectivity index (χ1v) is 5.54. The Morgan fingerprint density at radius 1 is 1.20 bits per heavy atom. The number of hydrogen-bond acceptors (Lipinski definition) is 3. The maximum atomic E-state index is 11.5. The fourth-order valence-electron chi connectivity index (χ4n) is 1.16. The molecule has 0 radical (unpaired) electrons. The molecular weight excluding hydrogens is 192 g/mol. The molecule has 0 fully saturated rings. The van der Waals surface area contributed by atoms with Gasteiger partial charge < -0.3 is 14.5 Å². The summed E-state index contributed by atoms with van der Waals surface area (Å²) >= 11 is 0. The molecule has 0 saturated carbocycles. The van der Waals surface area contributed by atoms with Gasteiger partial charge in [0.05, 0.1) is 0 Å². The molecule has 0 aromatic heterocycles. The van der Waals surface area contributed by atoms with E-state index in [9.17, 15) is 4.79 Å². The lowest BCUT2D eigenvalue weighted by Crippen LogP contribution is -2.32. The van der Waals surface area contributed by atoms with Gasteiger partial charge in [0, 0.05) is 20.2 Å². The number of carbonyl (C=O) groups is 1. The highest BCUT2D eigenvalue weighted by molar-refractivity contribution is 5.77. The molecule has 0 aromatic rings. The number of likely N-dealkylation sites (N-methyl/N-ethyl adjacent to an activating group) is 1. The number of rotatable bonds is 8. The monoisotopic (exact) mass is 216 g/mol. The van der Waals surface area contributed by atoms with Crippen LogP contribution in [0.2, 0.25) is 0 Å². The van der Waals surface area contributed by atoms with Gasteiger partial charge in [0.15, 0.2) is 0 Å². The molecule has 0 heterocycles. The van der Waals surface area contributed by atoms with E-state index in [1.165, 1.54) is 0 Å². The molecule has 0 saturated heterocycles. The summed E-state index contributed by atoms with van der Waals surface area (Å²) in [5, 5.41) is 0. The summed E-state index contributed by atoms with van der Waals surface area (Å²) in [5.74, 6) is 0.0715. The summed E-state index contributed by atoms with van der Waals surface area (Å²) in [6.07, 6.45) is 1.96. The molecule has 0 unspecified atom stereocenters. The van der Waals surface area contributed by atoms with Crippen molar-refractivity contribution >= 4 is 5.91 Å². The summed E-state index contributed by atoms with van der Waals surface area (Å²) in [4.78, 5) is 15.3. The van der Waals surface area contributed by atoms with Gasteiger partial charge in [-0.3, -0.25) is 4.79 Å². The normalized spacial score (nSPS) is 10.7. The minimum Gasteiger partial charge on any atom is -0.372 e. The van der Waals surface area contributed by atoms with Crippen molar-refractivity contribution in [3.05, 3.63) is 0 Å². The van der Waals surface area contributed by atoms with Gasteiger partial charge in [0.2, 0.25) is 5.91 Å². The Balaban J connectivity index is 3.51. The smallest absolute Gasteiger partial charge is 0.248 e. The van der Waals surface area contributed by atoms with E-state index < -0.39 is 0 Å². The molecule has 0 aliphatic heterocycles. The van der Waals surface area contributed by atoms with Crippen molar-refractivity contribution in [1.29, 1.82) is 0 Å². The average molecular weight is 216 g/mol. The molecule has 0 N–H and O–H groups in total. The molecule has 15 heavy (non-hydrogen) atoms. The molecule has 4 heteroatoms. The fourth-order valence-corrected chi connectivity index (χ4v) is 1.16. The molecule has 1 amide bonds. The second-order valence-corrected chi connectivity index (χ2v) is 4.02. The summed E-state index contributed by atoms with van der Waals surface area (Å²) < 4.78 is 5.19. The van der Waals surface area contributed by atoms with E-state index in [0.29, 0.717) is 6.61 Å². The fraction of sp³-hybridized carbons (Fsp3) is 0.909. The number of hydrogen-bond donors (Lipinski definition) is 0. The lowest BCUT2D eigenvalue weighted by molar-refractivity contribution is -0.134. The predicted octanol–water partition coefficient (Wildman–Crippen LogP) is 0.823. The van der Waals surface area contributed by atoms with Crippen LogP contribution in [-0.4, -0.2) is 63.2 Å². The largest absolute Gasteiger partial charge is 0.372 e. The highest BCUT2D eigenvalue weighted by atomic mass is 16.5. The summed E-state index contributed by atoms with van der Waals surface area (Å²) in [5.41, 5.74) is 0. The van der Waals surface area contributed by atoms with Crippen molar-refractivity contribution in [3.63, 3.8) is 0 Å². The van der Waals surface area contributed by atoms with E-state index in [1.807, 2.05) is 28.1 Å². The zero-order valence-electron chi connectivity index (χ0n) is 10.5. The molecule has 0 aromatic carbocycles. The number of nitrogens with zero attached hydrogens (tertiary/aromatic N) is 2. The molecule has 0 aliphatic rings. The van der Waals surface area contributed by atoms with Gasteiger partial charge in [0.25, 0.3) is 0 Å². The number of ether oxygens (including phenoxy) is 1. The van der Waals surface area contributed by atoms with Crippen LogP contribution in [0.1, 0.15) is 19.8 Å². The van der Waals surface area contributed by atoms with Crippen LogP contribution < -0.4 is 0 Å². The first-order chi connectivity index (χ1) is 7.07. The van der Waals surface area contributed by atoms with E-state index in [1.54, 1.807) is 4.90 Å². The molecule has 0 rings (SSSR count). The Hall–Kier alpha value is -0.610. The average Bonchev–Trinajstić information content (AvgIpc) is 2.17. The third kappa shape index (κ3) is 8.39. The van der Waals surface area contributed by atoms with Crippen LogP contribution in [0.15, 0.2) is 0 Å². The lowest BCUT2D eigenvalue weighted by atomic mass is 10.3. The molecule has 4 nitrogen and oxygen atoms in total. The standard InChI is InChI=1S/C11H24N2O2/c1-5-9-15-10-11(14)13(4)8-6-7-12(2)3/h5-10H2,1-4H3. The second-order valence-electron chi connectivity index (χ2n) is 4.02. The van der Waals surface area contributed by atoms with Crippen molar-refractivity contribution in [3.8, 4) is 0 Å². The van der Waals surface area contributed by atoms with Crippen LogP contribution in [0.5, 0.6) is 0 Å². The third-order valence-electron chi connectivity index (χ3n) is 2.10. The van der Waals surface area contributed by atoms with Gasteiger partial charge in [-0.1, -0.05) is 6.92 Å². The molecule has 90 valence electrons. The minimum atomic E-state index is 0.0715. The SMILES string of the molecule is CCCOCC(=O)N(C)CCCN(C)C. The maximum absolute atomic E-state index is 11.5. The summed E-state index contributed by atoms with van der Waals surface area (Å²) in [7, 11) is 5.89. The molecular formula is C11H24N2O2. The van der Waals surface area contributed by atoms with Crippen molar-refractivity contribution in [2.45, 2.75) is 19.8 Å². The summed E-state index contributed by atoms with van der Waals surface area (Å²) in [6.45, 7) is 4.72. The van der Waals surface area contributed by atoms with Crippen molar-refractivity contribution in [2.24, 2.45) is 0 Å². The number of amides is 1. The predicted molar refractivity (Wildman–Crippen MR) is 61.9 cm³/mol. The topological polar surface area (TPSA) is 32.8 Å². The molecule has 0 aliphatic carbocycles. The molecule has 0 atom stereocenters. The van der Waals surface area contributed by atoms with E-state index in [-0.39, 0.29) is 12.5 Å². The Morgan fingerprint density at radius 3 is 2.40 bits per heavy atom. The highest BCUT2D eigenvalue weighted by Gasteiger charge is 2.07. The maximum Gasteiger partial charge on any atom is 0.248 e. The Kier molecular flexibility index (Phi) is 8.33. The quantitative estimate of drug-likeness (QED) is 0.563. The van der Waals surface area contributed by atoms with Crippen LogP contribution in [0.25, 0.3) is 0 Å². The van der Waals surface area contributed by atoms with Crippen LogP contribution in [0, 0.1) is 0 Å². The zero-order chi connectivity index (χ0) is 11.7. The third-order valence-corrected chi connectivity index (χ3v) is 2.10. The Labute approximate surface area is 93.2 Å². The second kappa shape index (κ2) is 8.68. The molecule has 0 bridgehead atoms. The van der Waals surface area contributed by atoms with Gasteiger partial charge >= 0.3 is 0 Å². The number of carbonyl (C=O) groups excluding carboxylic acids is 1. The van der Waals surface area contributed by atoms with E-state index >= 15 is 0 Å². The van der Waals surface area contributed by atoms with Gasteiger partial charge in [-0.05, 0) is 33.5 Å². The zero-order valence-corrected chi connectivity index (χ0v) is 10.5. The van der Waals surface area contributed by atoms with Crippen LogP contribution >= 0.6 is 0 Å². The highest BCUT2D eigenvalue weighted by Crippen LogP contribution is 1.92. The van der Waals surface area contributed by atoms with Crippen molar-refractivity contribution in [2.75, 3.05) is 47.4 Å². The van der Waals surface area contributed by atoms with Gasteiger partial charge in [-0.2, -0.15) is 0 Å². The Morgan fingerprint density at radius 2 is 1.87 bits per heavy atom. The first kappa shape index (κ1) is 14.4. The van der Waals surface area contributed by atoms with Gasteiger partial charge in [-0.25, -0.2) is 0 Å². The van der Waals surface area contributed by atoms with E-state index in [2.05, 4.69) is 4.90 Å². The lowest BCUT2D eigenvalue weighted by Gasteiger charge is -2.18.